The molecule has 1 aliphatic heterocycles. The van der Waals surface area contributed by atoms with Gasteiger partial charge >= 0.3 is 5.92 Å². The van der Waals surface area contributed by atoms with Crippen molar-refractivity contribution < 1.29 is 13.8 Å². The first kappa shape index (κ1) is 4.43. The van der Waals surface area contributed by atoms with Crippen molar-refractivity contribution in [3.63, 3.8) is 0 Å². The second-order valence-corrected chi connectivity index (χ2v) is 1.32. The summed E-state index contributed by atoms with van der Waals surface area (Å²) in [6.07, 6.45) is 2.74. The molecule has 7 heavy (non-hydrogen) atoms. The first-order chi connectivity index (χ1) is 3.21. The van der Waals surface area contributed by atoms with Gasteiger partial charge in [-0.25, -0.2) is 4.99 Å². The molecule has 0 aromatic rings. The van der Waals surface area contributed by atoms with Gasteiger partial charge in [0.1, 0.15) is 0 Å². The molecule has 0 unspecified atom stereocenters. The van der Waals surface area contributed by atoms with E-state index in [1.54, 1.807) is 0 Å². The zero-order chi connectivity index (χ0) is 5.33. The lowest BCUT2D eigenvalue weighted by molar-refractivity contribution is -0.365. The molecule has 0 amide bonds. The Morgan fingerprint density at radius 3 is 2.29 bits per heavy atom. The molecule has 1 heterocycles. The second kappa shape index (κ2) is 1.12. The lowest BCUT2D eigenvalue weighted by atomic mass is 10.4. The van der Waals surface area contributed by atoms with Crippen LogP contribution in [-0.4, -0.2) is 12.1 Å². The van der Waals surface area contributed by atoms with Gasteiger partial charge in [0.05, 0.1) is 6.08 Å². The number of hydrogen-bond donors (Lipinski definition) is 1. The molecule has 0 saturated carbocycles. The van der Waals surface area contributed by atoms with E-state index in [4.69, 9.17) is 0 Å². The zero-order valence-electron chi connectivity index (χ0n) is 3.49. The predicted molar refractivity (Wildman–Crippen MR) is 21.1 cm³/mol. The highest BCUT2D eigenvalue weighted by molar-refractivity contribution is 5.65. The molecule has 1 N–H and O–H groups in total. The summed E-state index contributed by atoms with van der Waals surface area (Å²) in [5.41, 5.74) is 0. The van der Waals surface area contributed by atoms with Gasteiger partial charge in [-0.1, -0.05) is 0 Å². The first-order valence-electron chi connectivity index (χ1n) is 1.87. The molecular weight excluding hydrogens is 100 g/mol. The largest absolute Gasteiger partial charge is 0.347 e. The maximum absolute atomic E-state index is 11.7. The van der Waals surface area contributed by atoms with Gasteiger partial charge < -0.3 is 0 Å². The number of nitrogens with one attached hydrogen (secondary N) is 1. The summed E-state index contributed by atoms with van der Waals surface area (Å²) < 4.78 is 23.5. The number of rotatable bonds is 0. The Labute approximate surface area is 39.4 Å². The van der Waals surface area contributed by atoms with Crippen molar-refractivity contribution in [1.82, 2.24) is 0 Å². The molecule has 0 spiro atoms. The van der Waals surface area contributed by atoms with Crippen molar-refractivity contribution in [2.75, 3.05) is 0 Å². The minimum atomic E-state index is -2.72. The lowest BCUT2D eigenvalue weighted by Crippen LogP contribution is -2.60. The highest BCUT2D eigenvalue weighted by atomic mass is 19.3. The molecule has 0 fully saturated rings. The number of hydrogen-bond acceptors (Lipinski definition) is 0. The van der Waals surface area contributed by atoms with Gasteiger partial charge in [0.15, 0.2) is 6.20 Å². The number of allylic oxidation sites excluding steroid dienone is 1. The van der Waals surface area contributed by atoms with Crippen LogP contribution < -0.4 is 4.99 Å². The van der Waals surface area contributed by atoms with E-state index < -0.39 is 5.92 Å². The normalized spacial score (nSPS) is 23.7. The van der Waals surface area contributed by atoms with E-state index in [-0.39, 0.29) is 0 Å². The summed E-state index contributed by atoms with van der Waals surface area (Å²) in [6, 6.07) is 0. The topological polar surface area (TPSA) is 14.0 Å². The van der Waals surface area contributed by atoms with Gasteiger partial charge in [-0.2, -0.15) is 8.78 Å². The minimum absolute atomic E-state index is 0.729. The quantitative estimate of drug-likeness (QED) is 0.417. The second-order valence-electron chi connectivity index (χ2n) is 1.32. The average Bonchev–Trinajstić information content (AvgIpc) is 1.84. The first-order valence-corrected chi connectivity index (χ1v) is 1.87. The van der Waals surface area contributed by atoms with Crippen LogP contribution in [-0.2, 0) is 0 Å². The maximum atomic E-state index is 11.7. The standard InChI is InChI=1S/C4H3F2N/c5-4(6)1-2-7-3-4/h1-3H/p+1. The molecule has 0 aliphatic carbocycles. The highest BCUT2D eigenvalue weighted by Gasteiger charge is 2.29. The molecule has 0 aromatic carbocycles. The van der Waals surface area contributed by atoms with Crippen LogP contribution in [0.2, 0.25) is 0 Å². The molecule has 1 nitrogen and oxygen atoms in total. The summed E-state index contributed by atoms with van der Waals surface area (Å²) in [5, 5.41) is 0. The van der Waals surface area contributed by atoms with E-state index in [1.807, 2.05) is 0 Å². The molecular formula is C4H4F2N+. The fourth-order valence-corrected chi connectivity index (χ4v) is 0.367. The minimum Gasteiger partial charge on any atom is -0.216 e. The molecule has 0 radical (unpaired) electrons. The Bertz CT molecular complexity index is 112. The molecule has 3 heteroatoms. The van der Waals surface area contributed by atoms with Crippen LogP contribution in [0, 0.1) is 0 Å². The molecule has 0 atom stereocenters. The summed E-state index contributed by atoms with van der Waals surface area (Å²) in [5.74, 6) is -2.72. The van der Waals surface area contributed by atoms with Gasteiger partial charge in [-0.3, -0.25) is 0 Å². The Morgan fingerprint density at radius 1 is 1.43 bits per heavy atom. The lowest BCUT2D eigenvalue weighted by Gasteiger charge is -1.90. The fourth-order valence-electron chi connectivity index (χ4n) is 0.367. The Morgan fingerprint density at radius 2 is 2.14 bits per heavy atom. The smallest absolute Gasteiger partial charge is 0.216 e. The summed E-state index contributed by atoms with van der Waals surface area (Å²) in [6.45, 7) is 0. The monoisotopic (exact) mass is 104 g/mol. The fraction of sp³-hybridized carbons (Fsp3) is 0.250. The van der Waals surface area contributed by atoms with Crippen LogP contribution in [0.5, 0.6) is 0 Å². The van der Waals surface area contributed by atoms with Crippen molar-refractivity contribution in [2.24, 2.45) is 0 Å². The predicted octanol–water partition coefficient (Wildman–Crippen LogP) is -0.700. The van der Waals surface area contributed by atoms with Crippen LogP contribution in [0.3, 0.4) is 0 Å². The van der Waals surface area contributed by atoms with Crippen LogP contribution in [0.4, 0.5) is 8.78 Å². The van der Waals surface area contributed by atoms with Crippen LogP contribution in [0.25, 0.3) is 0 Å². The summed E-state index contributed by atoms with van der Waals surface area (Å²) in [4.78, 5) is 2.26. The molecule has 1 aliphatic rings. The van der Waals surface area contributed by atoms with Crippen LogP contribution in [0.1, 0.15) is 0 Å². The third kappa shape index (κ3) is 0.824. The molecule has 0 bridgehead atoms. The zero-order valence-corrected chi connectivity index (χ0v) is 3.49. The van der Waals surface area contributed by atoms with Crippen molar-refractivity contribution in [2.45, 2.75) is 5.92 Å². The van der Waals surface area contributed by atoms with Crippen LogP contribution in [0.15, 0.2) is 12.3 Å². The van der Waals surface area contributed by atoms with Crippen molar-refractivity contribution in [3.05, 3.63) is 12.3 Å². The SMILES string of the molecule is FC1(F)C=C[NH+]=C1. The third-order valence-corrected chi connectivity index (χ3v) is 0.678. The van der Waals surface area contributed by atoms with Gasteiger partial charge in [0, 0.05) is 0 Å². The summed E-state index contributed by atoms with van der Waals surface area (Å²) >= 11 is 0. The Kier molecular flexibility index (Phi) is 0.708. The Balaban J connectivity index is 2.77. The molecule has 1 rings (SSSR count). The van der Waals surface area contributed by atoms with Crippen molar-refractivity contribution in [1.29, 1.82) is 0 Å². The Hall–Kier alpha value is -0.730. The highest BCUT2D eigenvalue weighted by Crippen LogP contribution is 2.09. The number of halogens is 2. The van der Waals surface area contributed by atoms with Gasteiger partial charge in [-0.15, -0.1) is 0 Å². The van der Waals surface area contributed by atoms with E-state index in [0.29, 0.717) is 0 Å². The number of alkyl halides is 2. The van der Waals surface area contributed by atoms with Gasteiger partial charge in [0.25, 0.3) is 0 Å². The van der Waals surface area contributed by atoms with Gasteiger partial charge in [0.2, 0.25) is 6.21 Å². The van der Waals surface area contributed by atoms with E-state index in [1.165, 1.54) is 6.20 Å². The molecule has 38 valence electrons. The van der Waals surface area contributed by atoms with Crippen LogP contribution >= 0.6 is 0 Å². The van der Waals surface area contributed by atoms with E-state index in [9.17, 15) is 8.78 Å². The van der Waals surface area contributed by atoms with Crippen molar-refractivity contribution in [3.8, 4) is 0 Å². The third-order valence-electron chi connectivity index (χ3n) is 0.678. The average molecular weight is 104 g/mol. The van der Waals surface area contributed by atoms with E-state index in [2.05, 4.69) is 4.99 Å². The summed E-state index contributed by atoms with van der Waals surface area (Å²) in [7, 11) is 0. The molecule has 0 aromatic heterocycles. The van der Waals surface area contributed by atoms with E-state index in [0.717, 1.165) is 12.3 Å². The maximum Gasteiger partial charge on any atom is 0.347 e. The molecule has 0 saturated heterocycles. The van der Waals surface area contributed by atoms with Gasteiger partial charge in [-0.05, 0) is 0 Å². The van der Waals surface area contributed by atoms with E-state index >= 15 is 0 Å². The van der Waals surface area contributed by atoms with Crippen molar-refractivity contribution >= 4 is 6.21 Å².